The lowest BCUT2D eigenvalue weighted by Gasteiger charge is -2.07. The minimum absolute atomic E-state index is 0.206. The van der Waals surface area contributed by atoms with Gasteiger partial charge in [0.25, 0.3) is 10.0 Å². The molecule has 1 aromatic carbocycles. The maximum Gasteiger partial charge on any atom is 0.281 e. The second-order valence-corrected chi connectivity index (χ2v) is 5.94. The van der Waals surface area contributed by atoms with Crippen LogP contribution in [0, 0.1) is 6.92 Å². The van der Waals surface area contributed by atoms with Crippen molar-refractivity contribution >= 4 is 27.3 Å². The van der Waals surface area contributed by atoms with Crippen molar-refractivity contribution in [3.05, 3.63) is 40.5 Å². The molecule has 3 N–H and O–H groups in total. The van der Waals surface area contributed by atoms with Crippen LogP contribution in [-0.4, -0.2) is 23.7 Å². The standard InChI is InChI=1S/C11H12ClN3O3S/c1-7-10(6-16)11(14-13-7)19(17,18)15-9-4-2-8(12)3-5-9/h2-5,15-16H,6H2,1H3,(H,13,14). The van der Waals surface area contributed by atoms with Gasteiger partial charge in [0.05, 0.1) is 6.61 Å². The molecule has 0 aliphatic heterocycles. The zero-order chi connectivity index (χ0) is 14.0. The number of aryl methyl sites for hydroxylation is 1. The number of nitrogens with zero attached hydrogens (tertiary/aromatic N) is 1. The minimum atomic E-state index is -3.84. The molecular formula is C11H12ClN3O3S. The quantitative estimate of drug-likeness (QED) is 0.800. The molecule has 0 radical (unpaired) electrons. The van der Waals surface area contributed by atoms with Crippen LogP contribution in [-0.2, 0) is 16.6 Å². The number of H-pyrrole nitrogens is 1. The van der Waals surface area contributed by atoms with Gasteiger partial charge >= 0.3 is 0 Å². The van der Waals surface area contributed by atoms with E-state index in [4.69, 9.17) is 11.6 Å². The summed E-state index contributed by atoms with van der Waals surface area (Å²) in [5.74, 6) is 0. The second kappa shape index (κ2) is 5.20. The Labute approximate surface area is 115 Å². The van der Waals surface area contributed by atoms with Crippen molar-refractivity contribution in [2.45, 2.75) is 18.6 Å². The van der Waals surface area contributed by atoms with Crippen LogP contribution >= 0.6 is 11.6 Å². The number of aliphatic hydroxyl groups is 1. The van der Waals surface area contributed by atoms with Crippen molar-refractivity contribution in [2.24, 2.45) is 0 Å². The Balaban J connectivity index is 2.35. The molecule has 0 unspecified atom stereocenters. The van der Waals surface area contributed by atoms with Crippen LogP contribution in [0.1, 0.15) is 11.3 Å². The van der Waals surface area contributed by atoms with Gasteiger partial charge in [-0.25, -0.2) is 0 Å². The Hall–Kier alpha value is -1.57. The van der Waals surface area contributed by atoms with Crippen molar-refractivity contribution in [1.29, 1.82) is 0 Å². The molecular weight excluding hydrogens is 290 g/mol. The van der Waals surface area contributed by atoms with Gasteiger partial charge in [-0.2, -0.15) is 13.5 Å². The normalized spacial score (nSPS) is 11.5. The summed E-state index contributed by atoms with van der Waals surface area (Å²) in [6, 6.07) is 6.22. The molecule has 0 spiro atoms. The molecule has 0 aliphatic rings. The molecule has 1 aromatic heterocycles. The third-order valence-corrected chi connectivity index (χ3v) is 4.15. The number of hydrogen-bond acceptors (Lipinski definition) is 4. The molecule has 1 heterocycles. The van der Waals surface area contributed by atoms with Crippen molar-refractivity contribution in [3.8, 4) is 0 Å². The van der Waals surface area contributed by atoms with Crippen LogP contribution in [0.4, 0.5) is 5.69 Å². The van der Waals surface area contributed by atoms with Gasteiger partial charge in [-0.3, -0.25) is 9.82 Å². The third-order valence-electron chi connectivity index (χ3n) is 2.55. The maximum atomic E-state index is 12.1. The van der Waals surface area contributed by atoms with E-state index in [1.54, 1.807) is 19.1 Å². The molecule has 0 saturated carbocycles. The number of halogens is 1. The molecule has 102 valence electrons. The number of sulfonamides is 1. The molecule has 0 saturated heterocycles. The van der Waals surface area contributed by atoms with E-state index < -0.39 is 16.6 Å². The van der Waals surface area contributed by atoms with Crippen LogP contribution in [0.15, 0.2) is 29.3 Å². The smallest absolute Gasteiger partial charge is 0.281 e. The van der Waals surface area contributed by atoms with Gasteiger partial charge in [0.1, 0.15) is 0 Å². The lowest BCUT2D eigenvalue weighted by molar-refractivity contribution is 0.277. The fourth-order valence-electron chi connectivity index (χ4n) is 1.56. The van der Waals surface area contributed by atoms with Crippen LogP contribution in [0.5, 0.6) is 0 Å². The highest BCUT2D eigenvalue weighted by molar-refractivity contribution is 7.92. The summed E-state index contributed by atoms with van der Waals surface area (Å²) in [4.78, 5) is 0. The molecule has 6 nitrogen and oxygen atoms in total. The van der Waals surface area contributed by atoms with E-state index in [1.807, 2.05) is 0 Å². The van der Waals surface area contributed by atoms with E-state index in [2.05, 4.69) is 14.9 Å². The Morgan fingerprint density at radius 2 is 2.00 bits per heavy atom. The largest absolute Gasteiger partial charge is 0.392 e. The Kier molecular flexibility index (Phi) is 3.79. The summed E-state index contributed by atoms with van der Waals surface area (Å²) in [6.45, 7) is 1.24. The average molecular weight is 302 g/mol. The summed E-state index contributed by atoms with van der Waals surface area (Å²) in [7, 11) is -3.84. The maximum absolute atomic E-state index is 12.1. The van der Waals surface area contributed by atoms with E-state index in [0.717, 1.165) is 0 Å². The molecule has 0 bridgehead atoms. The summed E-state index contributed by atoms with van der Waals surface area (Å²) in [5, 5.41) is 15.7. The minimum Gasteiger partial charge on any atom is -0.392 e. The van der Waals surface area contributed by atoms with Gasteiger partial charge < -0.3 is 5.11 Å². The van der Waals surface area contributed by atoms with Crippen LogP contribution in [0.25, 0.3) is 0 Å². The number of benzene rings is 1. The van der Waals surface area contributed by atoms with E-state index in [0.29, 0.717) is 16.4 Å². The monoisotopic (exact) mass is 301 g/mol. The van der Waals surface area contributed by atoms with Crippen LogP contribution < -0.4 is 4.72 Å². The number of rotatable bonds is 4. The predicted octanol–water partition coefficient (Wildman–Crippen LogP) is 1.66. The molecule has 19 heavy (non-hydrogen) atoms. The number of aliphatic hydroxyl groups excluding tert-OH is 1. The van der Waals surface area contributed by atoms with E-state index in [9.17, 15) is 13.5 Å². The first-order valence-electron chi connectivity index (χ1n) is 5.37. The van der Waals surface area contributed by atoms with Gasteiger partial charge in [-0.1, -0.05) is 11.6 Å². The van der Waals surface area contributed by atoms with Gasteiger partial charge in [-0.15, -0.1) is 0 Å². The Bertz CT molecular complexity index is 680. The van der Waals surface area contributed by atoms with E-state index in [-0.39, 0.29) is 10.6 Å². The number of hydrogen-bond donors (Lipinski definition) is 3. The number of aromatic nitrogens is 2. The molecule has 2 aromatic rings. The van der Waals surface area contributed by atoms with Gasteiger partial charge in [-0.05, 0) is 31.2 Å². The first-order valence-corrected chi connectivity index (χ1v) is 7.23. The lowest BCUT2D eigenvalue weighted by Crippen LogP contribution is -2.15. The average Bonchev–Trinajstić information content (AvgIpc) is 2.74. The highest BCUT2D eigenvalue weighted by atomic mass is 35.5. The fourth-order valence-corrected chi connectivity index (χ4v) is 2.94. The summed E-state index contributed by atoms with van der Waals surface area (Å²) >= 11 is 5.72. The predicted molar refractivity (Wildman–Crippen MR) is 71.5 cm³/mol. The molecule has 8 heteroatoms. The number of anilines is 1. The SMILES string of the molecule is Cc1[nH]nc(S(=O)(=O)Nc2ccc(Cl)cc2)c1CO. The molecule has 0 fully saturated rings. The van der Waals surface area contributed by atoms with E-state index >= 15 is 0 Å². The van der Waals surface area contributed by atoms with Crippen molar-refractivity contribution in [3.63, 3.8) is 0 Å². The van der Waals surface area contributed by atoms with Crippen molar-refractivity contribution in [1.82, 2.24) is 10.2 Å². The van der Waals surface area contributed by atoms with Crippen LogP contribution in [0.2, 0.25) is 5.02 Å². The zero-order valence-electron chi connectivity index (χ0n) is 10.0. The van der Waals surface area contributed by atoms with Gasteiger partial charge in [0.2, 0.25) is 5.03 Å². The summed E-state index contributed by atoms with van der Waals surface area (Å²) in [6.07, 6.45) is 0. The van der Waals surface area contributed by atoms with Gasteiger partial charge in [0.15, 0.2) is 0 Å². The summed E-state index contributed by atoms with van der Waals surface area (Å²) in [5.41, 5.74) is 1.13. The topological polar surface area (TPSA) is 95.1 Å². The Morgan fingerprint density at radius 1 is 1.37 bits per heavy atom. The Morgan fingerprint density at radius 3 is 2.58 bits per heavy atom. The second-order valence-electron chi connectivity index (χ2n) is 3.90. The highest BCUT2D eigenvalue weighted by Crippen LogP contribution is 2.21. The van der Waals surface area contributed by atoms with Gasteiger partial charge in [0, 0.05) is 22.0 Å². The third kappa shape index (κ3) is 2.89. The molecule has 2 rings (SSSR count). The number of nitrogens with one attached hydrogen (secondary N) is 2. The highest BCUT2D eigenvalue weighted by Gasteiger charge is 2.23. The first-order chi connectivity index (χ1) is 8.94. The fraction of sp³-hybridized carbons (Fsp3) is 0.182. The van der Waals surface area contributed by atoms with Crippen molar-refractivity contribution in [2.75, 3.05) is 4.72 Å². The first kappa shape index (κ1) is 13.9. The number of aromatic amines is 1. The molecule has 0 atom stereocenters. The van der Waals surface area contributed by atoms with Crippen LogP contribution in [0.3, 0.4) is 0 Å². The zero-order valence-corrected chi connectivity index (χ0v) is 11.6. The summed E-state index contributed by atoms with van der Waals surface area (Å²) < 4.78 is 26.7. The van der Waals surface area contributed by atoms with E-state index in [1.165, 1.54) is 12.1 Å². The molecule has 0 amide bonds. The molecule has 0 aliphatic carbocycles. The van der Waals surface area contributed by atoms with Crippen molar-refractivity contribution < 1.29 is 13.5 Å². The lowest BCUT2D eigenvalue weighted by atomic mass is 10.3.